The van der Waals surface area contributed by atoms with Crippen molar-refractivity contribution in [2.45, 2.75) is 13.3 Å². The van der Waals surface area contributed by atoms with E-state index in [0.717, 1.165) is 24.0 Å². The molecule has 0 saturated carbocycles. The number of ether oxygens (including phenoxy) is 1. The van der Waals surface area contributed by atoms with Gasteiger partial charge in [0.25, 0.3) is 11.8 Å². The van der Waals surface area contributed by atoms with Crippen LogP contribution in [0.4, 0.5) is 5.69 Å². The van der Waals surface area contributed by atoms with Gasteiger partial charge in [0.15, 0.2) is 0 Å². The monoisotopic (exact) mass is 459 g/mol. The number of nitrogens with one attached hydrogen (secondary N) is 1. The molecule has 0 aromatic heterocycles. The van der Waals surface area contributed by atoms with E-state index >= 15 is 0 Å². The second kappa shape index (κ2) is 9.89. The van der Waals surface area contributed by atoms with Crippen molar-refractivity contribution < 1.29 is 14.3 Å². The van der Waals surface area contributed by atoms with E-state index in [-0.39, 0.29) is 11.8 Å². The quantitative estimate of drug-likeness (QED) is 0.711. The van der Waals surface area contributed by atoms with Crippen LogP contribution in [-0.4, -0.2) is 61.4 Å². The Morgan fingerprint density at radius 1 is 1.07 bits per heavy atom. The topological polar surface area (TPSA) is 61.9 Å². The molecule has 0 atom stereocenters. The van der Waals surface area contributed by atoms with Crippen LogP contribution in [0, 0.1) is 0 Å². The van der Waals surface area contributed by atoms with E-state index in [1.54, 1.807) is 42.5 Å². The van der Waals surface area contributed by atoms with Crippen LogP contribution in [-0.2, 0) is 0 Å². The summed E-state index contributed by atoms with van der Waals surface area (Å²) in [6, 6.07) is 12.3. The van der Waals surface area contributed by atoms with E-state index in [9.17, 15) is 9.59 Å². The first-order valence-corrected chi connectivity index (χ1v) is 10.6. The molecule has 1 aliphatic heterocycles. The molecule has 0 radical (unpaired) electrons. The highest BCUT2D eigenvalue weighted by molar-refractivity contribution is 9.10. The molecular weight excluding hydrogens is 434 g/mol. The molecule has 0 spiro atoms. The molecule has 1 fully saturated rings. The van der Waals surface area contributed by atoms with Gasteiger partial charge in [-0.1, -0.05) is 13.0 Å². The first kappa shape index (κ1) is 21.3. The van der Waals surface area contributed by atoms with Crippen LogP contribution in [0.25, 0.3) is 0 Å². The fraction of sp³-hybridized carbons (Fsp3) is 0.364. The van der Waals surface area contributed by atoms with E-state index in [0.29, 0.717) is 42.3 Å². The average molecular weight is 460 g/mol. The Morgan fingerprint density at radius 2 is 1.83 bits per heavy atom. The van der Waals surface area contributed by atoms with Gasteiger partial charge in [0.1, 0.15) is 5.75 Å². The zero-order valence-corrected chi connectivity index (χ0v) is 18.4. The van der Waals surface area contributed by atoms with Crippen LogP contribution in [0.5, 0.6) is 5.75 Å². The van der Waals surface area contributed by atoms with E-state index in [2.05, 4.69) is 33.2 Å². The fourth-order valence-corrected chi connectivity index (χ4v) is 3.59. The van der Waals surface area contributed by atoms with Crippen molar-refractivity contribution in [2.24, 2.45) is 0 Å². The molecule has 0 unspecified atom stereocenters. The number of hydrogen-bond acceptors (Lipinski definition) is 4. The van der Waals surface area contributed by atoms with Gasteiger partial charge in [0.2, 0.25) is 0 Å². The predicted octanol–water partition coefficient (Wildman–Crippen LogP) is 3.88. The predicted molar refractivity (Wildman–Crippen MR) is 118 cm³/mol. The number of halogens is 1. The van der Waals surface area contributed by atoms with Gasteiger partial charge in [-0.05, 0) is 65.8 Å². The lowest BCUT2D eigenvalue weighted by atomic mass is 10.1. The second-order valence-electron chi connectivity index (χ2n) is 7.12. The zero-order chi connectivity index (χ0) is 20.8. The summed E-state index contributed by atoms with van der Waals surface area (Å²) in [5, 5.41) is 2.87. The lowest BCUT2D eigenvalue weighted by molar-refractivity contribution is 0.0664. The van der Waals surface area contributed by atoms with Crippen molar-refractivity contribution >= 4 is 33.4 Å². The molecule has 154 valence electrons. The van der Waals surface area contributed by atoms with E-state index in [4.69, 9.17) is 4.74 Å². The van der Waals surface area contributed by atoms with Crippen molar-refractivity contribution in [3.8, 4) is 5.75 Å². The number of anilines is 1. The smallest absolute Gasteiger partial charge is 0.255 e. The van der Waals surface area contributed by atoms with Gasteiger partial charge < -0.3 is 19.9 Å². The van der Waals surface area contributed by atoms with E-state index in [1.165, 1.54) is 0 Å². The Balaban J connectivity index is 1.67. The SMILES string of the molecule is CCCOc1ccc(C(=O)Nc2cccc(C(=O)N3CCN(C)CC3)c2)cc1Br. The third kappa shape index (κ3) is 5.58. The Labute approximate surface area is 180 Å². The number of benzene rings is 2. The van der Waals surface area contributed by atoms with Crippen LogP contribution >= 0.6 is 15.9 Å². The molecule has 3 rings (SSSR count). The molecule has 1 aliphatic rings. The highest BCUT2D eigenvalue weighted by atomic mass is 79.9. The normalized spacial score (nSPS) is 14.5. The summed E-state index contributed by atoms with van der Waals surface area (Å²) in [5.74, 6) is 0.467. The minimum Gasteiger partial charge on any atom is -0.492 e. The van der Waals surface area contributed by atoms with Gasteiger partial charge >= 0.3 is 0 Å². The largest absolute Gasteiger partial charge is 0.492 e. The van der Waals surface area contributed by atoms with Crippen LogP contribution in [0.3, 0.4) is 0 Å². The fourth-order valence-electron chi connectivity index (χ4n) is 3.10. The number of rotatable bonds is 6. The molecule has 1 heterocycles. The Kier molecular flexibility index (Phi) is 7.28. The average Bonchev–Trinajstić information content (AvgIpc) is 2.73. The maximum atomic E-state index is 12.8. The van der Waals surface area contributed by atoms with Gasteiger partial charge in [-0.15, -0.1) is 0 Å². The minimum absolute atomic E-state index is 0.00521. The molecule has 1 saturated heterocycles. The molecule has 2 amide bonds. The summed E-state index contributed by atoms with van der Waals surface area (Å²) >= 11 is 3.45. The van der Waals surface area contributed by atoms with Crippen LogP contribution in [0.2, 0.25) is 0 Å². The summed E-state index contributed by atoms with van der Waals surface area (Å²) in [6.07, 6.45) is 0.915. The Hall–Kier alpha value is -2.38. The standard InChI is InChI=1S/C22H26BrN3O3/c1-3-13-29-20-8-7-16(15-19(20)23)21(27)24-18-6-4-5-17(14-18)22(28)26-11-9-25(2)10-12-26/h4-8,14-15H,3,9-13H2,1-2H3,(H,24,27). The number of carbonyl (C=O) groups excluding carboxylic acids is 2. The minimum atomic E-state index is -0.239. The summed E-state index contributed by atoms with van der Waals surface area (Å²) in [5.41, 5.74) is 1.69. The summed E-state index contributed by atoms with van der Waals surface area (Å²) < 4.78 is 6.36. The third-order valence-electron chi connectivity index (χ3n) is 4.81. The maximum Gasteiger partial charge on any atom is 0.255 e. The van der Waals surface area contributed by atoms with E-state index < -0.39 is 0 Å². The van der Waals surface area contributed by atoms with Crippen molar-refractivity contribution in [3.63, 3.8) is 0 Å². The molecular formula is C22H26BrN3O3. The molecule has 1 N–H and O–H groups in total. The van der Waals surface area contributed by atoms with Crippen molar-refractivity contribution in [1.29, 1.82) is 0 Å². The second-order valence-corrected chi connectivity index (χ2v) is 7.98. The Morgan fingerprint density at radius 3 is 2.52 bits per heavy atom. The number of hydrogen-bond donors (Lipinski definition) is 1. The lowest BCUT2D eigenvalue weighted by Crippen LogP contribution is -2.47. The summed E-state index contributed by atoms with van der Waals surface area (Å²) in [4.78, 5) is 29.5. The van der Waals surface area contributed by atoms with Gasteiger partial charge in [0, 0.05) is 43.0 Å². The highest BCUT2D eigenvalue weighted by Gasteiger charge is 2.20. The first-order valence-electron chi connectivity index (χ1n) is 9.79. The van der Waals surface area contributed by atoms with E-state index in [1.807, 2.05) is 11.8 Å². The van der Waals surface area contributed by atoms with Gasteiger partial charge in [0.05, 0.1) is 11.1 Å². The number of carbonyl (C=O) groups is 2. The van der Waals surface area contributed by atoms with Crippen LogP contribution in [0.1, 0.15) is 34.1 Å². The molecule has 6 nitrogen and oxygen atoms in total. The lowest BCUT2D eigenvalue weighted by Gasteiger charge is -2.32. The van der Waals surface area contributed by atoms with Gasteiger partial charge in [-0.25, -0.2) is 0 Å². The van der Waals surface area contributed by atoms with Crippen LogP contribution in [0.15, 0.2) is 46.9 Å². The van der Waals surface area contributed by atoms with Crippen molar-refractivity contribution in [2.75, 3.05) is 45.2 Å². The number of nitrogens with zero attached hydrogens (tertiary/aromatic N) is 2. The van der Waals surface area contributed by atoms with Gasteiger partial charge in [-0.3, -0.25) is 9.59 Å². The molecule has 29 heavy (non-hydrogen) atoms. The number of likely N-dealkylation sites (N-methyl/N-ethyl adjacent to an activating group) is 1. The Bertz CT molecular complexity index is 879. The summed E-state index contributed by atoms with van der Waals surface area (Å²) in [6.45, 7) is 5.83. The molecule has 2 aromatic rings. The maximum absolute atomic E-state index is 12.8. The van der Waals surface area contributed by atoms with Crippen LogP contribution < -0.4 is 10.1 Å². The zero-order valence-electron chi connectivity index (χ0n) is 16.8. The van der Waals surface area contributed by atoms with Crippen molar-refractivity contribution in [3.05, 3.63) is 58.1 Å². The molecule has 0 bridgehead atoms. The van der Waals surface area contributed by atoms with Gasteiger partial charge in [-0.2, -0.15) is 0 Å². The highest BCUT2D eigenvalue weighted by Crippen LogP contribution is 2.26. The number of amides is 2. The van der Waals surface area contributed by atoms with Crippen molar-refractivity contribution in [1.82, 2.24) is 9.80 Å². The third-order valence-corrected chi connectivity index (χ3v) is 5.43. The molecule has 2 aromatic carbocycles. The summed E-state index contributed by atoms with van der Waals surface area (Å²) in [7, 11) is 2.05. The number of piperazine rings is 1. The first-order chi connectivity index (χ1) is 14.0. The molecule has 0 aliphatic carbocycles. The molecule has 7 heteroatoms.